The fourth-order valence-electron chi connectivity index (χ4n) is 11.5. The maximum absolute atomic E-state index is 16.4. The van der Waals surface area contributed by atoms with E-state index in [1.807, 2.05) is 175 Å². The lowest BCUT2D eigenvalue weighted by Gasteiger charge is -2.30. The smallest absolute Gasteiger partial charge is 0.353 e. The van der Waals surface area contributed by atoms with Crippen molar-refractivity contribution in [3.63, 3.8) is 0 Å². The van der Waals surface area contributed by atoms with Crippen molar-refractivity contribution >= 4 is 115 Å². The van der Waals surface area contributed by atoms with Crippen LogP contribution in [0, 0.1) is 59.5 Å². The molecule has 0 bridgehead atoms. The lowest BCUT2D eigenvalue weighted by Crippen LogP contribution is -2.42. The standard InChI is InChI=1S/C74H70I2O10P2/c1-45-41-47(3)61(48(4)42-45)57-37-39-59(63(75)65(57)87(81,51-27-17-13-18-28-51)52-29-19-14-20-30-52)83-71(79)67(73(7,8)9)85-69(77)55-35-25-26-36-56(55)70(78)86-68(74(10,11)12)72(80)84-60-40-38-58(62-49(5)43-46(2)44-50(62)6)66(64(60)76)88(82,53-31-21-15-22-32-53)54-33-23-16-24-34-54/h13-44,67-68H,1-12H3/t67-,68-/m0/s1. The van der Waals surface area contributed by atoms with E-state index in [9.17, 15) is 19.2 Å². The minimum absolute atomic E-state index is 0.105. The zero-order valence-corrected chi connectivity index (χ0v) is 57.5. The number of halogens is 2. The summed E-state index contributed by atoms with van der Waals surface area (Å²) in [5.41, 5.74) is 6.72. The molecule has 9 aromatic rings. The molecule has 0 aliphatic carbocycles. The van der Waals surface area contributed by atoms with Crippen LogP contribution in [0.1, 0.15) is 95.6 Å². The number of ether oxygens (including phenoxy) is 4. The van der Waals surface area contributed by atoms with Crippen molar-refractivity contribution in [1.29, 1.82) is 0 Å². The van der Waals surface area contributed by atoms with Crippen LogP contribution in [0.15, 0.2) is 194 Å². The van der Waals surface area contributed by atoms with Gasteiger partial charge in [-0.2, -0.15) is 0 Å². The highest BCUT2D eigenvalue weighted by Crippen LogP contribution is 2.51. The van der Waals surface area contributed by atoms with E-state index in [2.05, 4.69) is 69.4 Å². The van der Waals surface area contributed by atoms with Gasteiger partial charge in [-0.05, 0) is 168 Å². The average Bonchev–Trinajstić information content (AvgIpc) is 1.06. The minimum Gasteiger partial charge on any atom is -0.446 e. The Morgan fingerprint density at radius 1 is 0.386 bits per heavy atom. The highest BCUT2D eigenvalue weighted by molar-refractivity contribution is 14.1. The average molecular weight is 1440 g/mol. The number of carbonyl (C=O) groups is 4. The van der Waals surface area contributed by atoms with Gasteiger partial charge in [0, 0.05) is 42.7 Å². The van der Waals surface area contributed by atoms with Gasteiger partial charge in [-0.3, -0.25) is 0 Å². The molecule has 14 heteroatoms. The highest BCUT2D eigenvalue weighted by Gasteiger charge is 2.43. The van der Waals surface area contributed by atoms with E-state index in [1.165, 1.54) is 12.1 Å². The Morgan fingerprint density at radius 3 is 0.909 bits per heavy atom. The first-order valence-electron chi connectivity index (χ1n) is 28.9. The van der Waals surface area contributed by atoms with E-state index >= 15 is 9.13 Å². The molecule has 9 aromatic carbocycles. The molecule has 2 atom stereocenters. The second kappa shape index (κ2) is 26.5. The number of benzene rings is 9. The van der Waals surface area contributed by atoms with Gasteiger partial charge in [0.2, 0.25) is 12.2 Å². The molecule has 0 unspecified atom stereocenters. The second-order valence-electron chi connectivity index (χ2n) is 24.3. The minimum atomic E-state index is -3.73. The van der Waals surface area contributed by atoms with Crippen molar-refractivity contribution in [2.24, 2.45) is 10.8 Å². The molecule has 0 heterocycles. The predicted molar refractivity (Wildman–Crippen MR) is 371 cm³/mol. The van der Waals surface area contributed by atoms with Gasteiger partial charge in [-0.15, -0.1) is 0 Å². The number of rotatable bonds is 16. The normalized spacial score (nSPS) is 12.6. The van der Waals surface area contributed by atoms with Crippen LogP contribution in [-0.4, -0.2) is 36.1 Å². The Morgan fingerprint density at radius 2 is 0.648 bits per heavy atom. The summed E-state index contributed by atoms with van der Waals surface area (Å²) in [5, 5.41) is 3.32. The van der Waals surface area contributed by atoms with Crippen LogP contribution in [0.25, 0.3) is 22.3 Å². The molecule has 0 radical (unpaired) electrons. The van der Waals surface area contributed by atoms with Crippen molar-refractivity contribution in [3.8, 4) is 33.8 Å². The lowest BCUT2D eigenvalue weighted by atomic mass is 9.88. The van der Waals surface area contributed by atoms with E-state index in [4.69, 9.17) is 18.9 Å². The van der Waals surface area contributed by atoms with Gasteiger partial charge in [0.1, 0.15) is 11.5 Å². The van der Waals surface area contributed by atoms with Gasteiger partial charge < -0.3 is 28.1 Å². The van der Waals surface area contributed by atoms with E-state index in [-0.39, 0.29) is 22.6 Å². The molecule has 0 aliphatic heterocycles. The third kappa shape index (κ3) is 13.2. The first-order chi connectivity index (χ1) is 41.7. The fourth-order valence-corrected chi connectivity index (χ4v) is 20.5. The van der Waals surface area contributed by atoms with Gasteiger partial charge in [0.15, 0.2) is 14.3 Å². The van der Waals surface area contributed by atoms with Crippen LogP contribution in [0.5, 0.6) is 11.5 Å². The molecule has 0 spiro atoms. The van der Waals surface area contributed by atoms with Crippen LogP contribution in [0.4, 0.5) is 0 Å². The molecular weight excluding hydrogens is 1360 g/mol. The zero-order valence-electron chi connectivity index (χ0n) is 51.4. The second-order valence-corrected chi connectivity index (χ2v) is 31.9. The Hall–Kier alpha value is -7.22. The van der Waals surface area contributed by atoms with Gasteiger partial charge in [0.25, 0.3) is 0 Å². The molecule has 10 nitrogen and oxygen atoms in total. The van der Waals surface area contributed by atoms with Crippen molar-refractivity contribution < 1.29 is 47.3 Å². The number of aryl methyl sites for hydroxylation is 6. The molecular formula is C74H70I2O10P2. The summed E-state index contributed by atoms with van der Waals surface area (Å²) in [4.78, 5) is 59.0. The molecule has 0 fully saturated rings. The van der Waals surface area contributed by atoms with E-state index < -0.39 is 61.2 Å². The van der Waals surface area contributed by atoms with Crippen LogP contribution in [0.3, 0.4) is 0 Å². The topological polar surface area (TPSA) is 139 Å². The molecule has 0 aliphatic rings. The molecule has 0 N–H and O–H groups in total. The first-order valence-corrected chi connectivity index (χ1v) is 34.4. The fraction of sp³-hybridized carbons (Fsp3) is 0.216. The first kappa shape index (κ1) is 65.2. The molecule has 0 saturated heterocycles. The summed E-state index contributed by atoms with van der Waals surface area (Å²) in [5.74, 6) is -3.68. The Balaban J connectivity index is 1.04. The maximum atomic E-state index is 16.4. The van der Waals surface area contributed by atoms with Crippen LogP contribution < -0.4 is 41.3 Å². The lowest BCUT2D eigenvalue weighted by molar-refractivity contribution is -0.151. The SMILES string of the molecule is Cc1cc(C)c(-c2ccc(OC(=O)[C@H](OC(=O)c3ccccc3C(=O)O[C@@H](C(=O)Oc3ccc(-c4c(C)cc(C)cc4C)c(P(=O)(c4ccccc4)c4ccccc4)c3I)C(C)(C)C)C(C)(C)C)c(I)c2P(=O)(c2ccccc2)c2ccccc2)c(C)c1. The predicted octanol–water partition coefficient (Wildman–Crippen LogP) is 15.7. The number of hydrogen-bond donors (Lipinski definition) is 0. The van der Waals surface area contributed by atoms with E-state index in [0.717, 1.165) is 55.6 Å². The molecule has 0 amide bonds. The van der Waals surface area contributed by atoms with Gasteiger partial charge in [-0.25, -0.2) is 19.2 Å². The summed E-state index contributed by atoms with van der Waals surface area (Å²) < 4.78 is 58.6. The van der Waals surface area contributed by atoms with Crippen molar-refractivity contribution in [3.05, 3.63) is 246 Å². The zero-order chi connectivity index (χ0) is 63.6. The largest absolute Gasteiger partial charge is 0.446 e. The summed E-state index contributed by atoms with van der Waals surface area (Å²) in [6.45, 7) is 22.5. The molecule has 0 aromatic heterocycles. The Bertz CT molecular complexity index is 3840. The van der Waals surface area contributed by atoms with Crippen molar-refractivity contribution in [2.45, 2.75) is 95.3 Å². The van der Waals surface area contributed by atoms with E-state index in [1.54, 1.807) is 65.8 Å². The van der Waals surface area contributed by atoms with Gasteiger partial charge in [0.05, 0.1) is 18.3 Å². The monoisotopic (exact) mass is 1430 g/mol. The van der Waals surface area contributed by atoms with Crippen LogP contribution in [-0.2, 0) is 28.2 Å². The van der Waals surface area contributed by atoms with Gasteiger partial charge in [-0.1, -0.05) is 210 Å². The van der Waals surface area contributed by atoms with Crippen molar-refractivity contribution in [1.82, 2.24) is 0 Å². The van der Waals surface area contributed by atoms with E-state index in [0.29, 0.717) is 39.0 Å². The summed E-state index contributed by atoms with van der Waals surface area (Å²) in [6, 6.07) is 58.3. The molecule has 88 heavy (non-hydrogen) atoms. The highest BCUT2D eigenvalue weighted by atomic mass is 127. The number of esters is 4. The third-order valence-corrected chi connectivity index (χ3v) is 24.7. The quantitative estimate of drug-likeness (QED) is 0.0397. The van der Waals surface area contributed by atoms with Gasteiger partial charge >= 0.3 is 23.9 Å². The summed E-state index contributed by atoms with van der Waals surface area (Å²) in [7, 11) is -7.47. The molecule has 450 valence electrons. The van der Waals surface area contributed by atoms with Crippen LogP contribution in [0.2, 0.25) is 0 Å². The summed E-state index contributed by atoms with van der Waals surface area (Å²) in [6.07, 6.45) is -3.10. The Labute approximate surface area is 543 Å². The number of carbonyl (C=O) groups excluding carboxylic acids is 4. The Kier molecular flexibility index (Phi) is 19.6. The molecule has 9 rings (SSSR count). The van der Waals surface area contributed by atoms with Crippen LogP contribution >= 0.6 is 59.5 Å². The summed E-state index contributed by atoms with van der Waals surface area (Å²) >= 11 is 4.23. The number of hydrogen-bond acceptors (Lipinski definition) is 10. The maximum Gasteiger partial charge on any atom is 0.353 e. The molecule has 0 saturated carbocycles. The van der Waals surface area contributed by atoms with Crippen molar-refractivity contribution in [2.75, 3.05) is 0 Å². The third-order valence-electron chi connectivity index (χ3n) is 15.4.